The number of benzene rings is 1. The first-order valence-corrected chi connectivity index (χ1v) is 11.7. The number of allylic oxidation sites excluding steroid dienone is 3. The van der Waals surface area contributed by atoms with Gasteiger partial charge < -0.3 is 4.74 Å². The fraction of sp³-hybridized carbons (Fsp3) is 0.630. The fourth-order valence-electron chi connectivity index (χ4n) is 5.41. The molecular weight excluding hydrogens is 340 g/mol. The fourth-order valence-corrected chi connectivity index (χ4v) is 5.41. The maximum Gasteiger partial charge on any atom is 0.0716 e. The smallest absolute Gasteiger partial charge is 0.0716 e. The molecule has 1 heteroatoms. The van der Waals surface area contributed by atoms with Crippen molar-refractivity contribution in [1.29, 1.82) is 0 Å². The third kappa shape index (κ3) is 6.34. The third-order valence-corrected chi connectivity index (χ3v) is 7.14. The van der Waals surface area contributed by atoms with Gasteiger partial charge in [0.1, 0.15) is 0 Å². The van der Waals surface area contributed by atoms with Crippen molar-refractivity contribution in [3.05, 3.63) is 60.2 Å². The van der Waals surface area contributed by atoms with E-state index >= 15 is 0 Å². The molecule has 0 unspecified atom stereocenters. The minimum absolute atomic E-state index is 0.736. The van der Waals surface area contributed by atoms with Crippen LogP contribution < -0.4 is 0 Å². The average molecular weight is 381 g/mol. The quantitative estimate of drug-likeness (QED) is 0.313. The molecule has 0 saturated heterocycles. The van der Waals surface area contributed by atoms with Gasteiger partial charge >= 0.3 is 0 Å². The topological polar surface area (TPSA) is 9.23 Å². The summed E-state index contributed by atoms with van der Waals surface area (Å²) in [6.45, 7) is 7.48. The highest BCUT2D eigenvalue weighted by Gasteiger charge is 2.30. The van der Waals surface area contributed by atoms with Crippen LogP contribution in [0.25, 0.3) is 0 Å². The molecule has 2 saturated carbocycles. The lowest BCUT2D eigenvalue weighted by molar-refractivity contribution is 0.119. The Morgan fingerprint density at radius 3 is 2.18 bits per heavy atom. The van der Waals surface area contributed by atoms with Gasteiger partial charge in [-0.25, -0.2) is 0 Å². The van der Waals surface area contributed by atoms with Gasteiger partial charge in [0.05, 0.1) is 6.61 Å². The van der Waals surface area contributed by atoms with Crippen LogP contribution in [0.5, 0.6) is 0 Å². The lowest BCUT2D eigenvalue weighted by Gasteiger charge is -2.37. The summed E-state index contributed by atoms with van der Waals surface area (Å²) in [7, 11) is 0. The van der Waals surface area contributed by atoms with Gasteiger partial charge in [0, 0.05) is 6.61 Å². The zero-order chi connectivity index (χ0) is 19.6. The van der Waals surface area contributed by atoms with E-state index in [0.717, 1.165) is 49.7 Å². The van der Waals surface area contributed by atoms with E-state index in [9.17, 15) is 0 Å². The predicted octanol–water partition coefficient (Wildman–Crippen LogP) is 7.83. The average Bonchev–Trinajstić information content (AvgIpc) is 2.75. The van der Waals surface area contributed by atoms with Gasteiger partial charge in [-0.3, -0.25) is 0 Å². The Kier molecular flexibility index (Phi) is 8.86. The van der Waals surface area contributed by atoms with Crippen LogP contribution in [-0.2, 0) is 11.3 Å². The molecule has 1 aromatic carbocycles. The van der Waals surface area contributed by atoms with E-state index in [4.69, 9.17) is 4.74 Å². The van der Waals surface area contributed by atoms with Crippen molar-refractivity contribution < 1.29 is 4.74 Å². The van der Waals surface area contributed by atoms with Crippen LogP contribution in [0.1, 0.15) is 88.2 Å². The van der Waals surface area contributed by atoms with Crippen molar-refractivity contribution >= 4 is 0 Å². The second kappa shape index (κ2) is 11.6. The Morgan fingerprint density at radius 1 is 0.929 bits per heavy atom. The molecule has 2 fully saturated rings. The molecule has 1 nitrogen and oxygen atoms in total. The van der Waals surface area contributed by atoms with Crippen LogP contribution in [0.3, 0.4) is 0 Å². The highest BCUT2D eigenvalue weighted by atomic mass is 16.5. The number of hydrogen-bond donors (Lipinski definition) is 0. The maximum atomic E-state index is 5.76. The van der Waals surface area contributed by atoms with Gasteiger partial charge in [-0.15, -0.1) is 6.58 Å². The van der Waals surface area contributed by atoms with Gasteiger partial charge in [0.25, 0.3) is 0 Å². The molecule has 0 bridgehead atoms. The van der Waals surface area contributed by atoms with Gasteiger partial charge in [-0.05, 0) is 106 Å². The molecule has 0 atom stereocenters. The van der Waals surface area contributed by atoms with E-state index in [1.165, 1.54) is 56.9 Å². The molecule has 28 heavy (non-hydrogen) atoms. The summed E-state index contributed by atoms with van der Waals surface area (Å²) in [5, 5.41) is 0. The highest BCUT2D eigenvalue weighted by molar-refractivity contribution is 5.25. The molecule has 0 radical (unpaired) electrons. The first-order valence-electron chi connectivity index (χ1n) is 11.7. The first kappa shape index (κ1) is 21.4. The van der Waals surface area contributed by atoms with E-state index in [2.05, 4.69) is 49.9 Å². The lowest BCUT2D eigenvalue weighted by Crippen LogP contribution is -2.25. The number of unbranched alkanes of at least 4 members (excludes halogenated alkanes) is 1. The summed E-state index contributed by atoms with van der Waals surface area (Å²) < 4.78 is 5.76. The third-order valence-electron chi connectivity index (χ3n) is 7.14. The molecular formula is C27H40O. The van der Waals surface area contributed by atoms with Crippen molar-refractivity contribution in [1.82, 2.24) is 0 Å². The number of ether oxygens (including phenoxy) is 1. The van der Waals surface area contributed by atoms with Crippen LogP contribution in [0.15, 0.2) is 49.1 Å². The van der Waals surface area contributed by atoms with Crippen LogP contribution in [-0.4, -0.2) is 6.61 Å². The van der Waals surface area contributed by atoms with Crippen LogP contribution >= 0.6 is 0 Å². The molecule has 0 N–H and O–H groups in total. The number of hydrogen-bond acceptors (Lipinski definition) is 1. The van der Waals surface area contributed by atoms with E-state index in [-0.39, 0.29) is 0 Å². The minimum atomic E-state index is 0.736. The van der Waals surface area contributed by atoms with Crippen molar-refractivity contribution in [2.75, 3.05) is 6.61 Å². The lowest BCUT2D eigenvalue weighted by atomic mass is 9.68. The molecule has 0 aliphatic heterocycles. The van der Waals surface area contributed by atoms with Gasteiger partial charge in [-0.2, -0.15) is 0 Å². The monoisotopic (exact) mass is 380 g/mol. The molecule has 2 aliphatic rings. The highest BCUT2D eigenvalue weighted by Crippen LogP contribution is 2.44. The Hall–Kier alpha value is -1.34. The second-order valence-corrected chi connectivity index (χ2v) is 9.04. The zero-order valence-electron chi connectivity index (χ0n) is 18.0. The van der Waals surface area contributed by atoms with Gasteiger partial charge in [0.15, 0.2) is 0 Å². The summed E-state index contributed by atoms with van der Waals surface area (Å²) in [6.07, 6.45) is 20.2. The summed E-state index contributed by atoms with van der Waals surface area (Å²) >= 11 is 0. The molecule has 2 aliphatic carbocycles. The Balaban J connectivity index is 1.39. The molecule has 0 aromatic heterocycles. The normalized spacial score (nSPS) is 28.5. The Morgan fingerprint density at radius 2 is 1.57 bits per heavy atom. The molecule has 0 spiro atoms. The summed E-state index contributed by atoms with van der Waals surface area (Å²) in [5.41, 5.74) is 2.85. The van der Waals surface area contributed by atoms with Crippen LogP contribution in [0, 0.1) is 17.8 Å². The minimum Gasteiger partial charge on any atom is -0.377 e. The SMILES string of the molecule is C=CCCCOCc1ccc(C2CCC(C3CCC(/C=C/C)CC3)CC2)cc1. The van der Waals surface area contributed by atoms with Gasteiger partial charge in [0.2, 0.25) is 0 Å². The van der Waals surface area contributed by atoms with E-state index < -0.39 is 0 Å². The van der Waals surface area contributed by atoms with E-state index in [0.29, 0.717) is 0 Å². The van der Waals surface area contributed by atoms with E-state index in [1.54, 1.807) is 5.56 Å². The standard InChI is InChI=1S/C27H40O/c1-3-5-6-20-28-21-23-10-14-25(15-11-23)27-18-16-26(17-19-27)24-12-8-22(7-4-2)9-13-24/h3-4,7,10-11,14-15,22,24,26-27H,1,5-6,8-9,12-13,16-21H2,2H3/b7-4+. The summed E-state index contributed by atoms with van der Waals surface area (Å²) in [4.78, 5) is 0. The van der Waals surface area contributed by atoms with Crippen molar-refractivity contribution in [2.45, 2.75) is 83.7 Å². The molecule has 0 amide bonds. The molecule has 1 aromatic rings. The molecule has 154 valence electrons. The Labute approximate surface area is 173 Å². The van der Waals surface area contributed by atoms with E-state index in [1.807, 2.05) is 6.08 Å². The summed E-state index contributed by atoms with van der Waals surface area (Å²) in [5.74, 6) is 3.63. The van der Waals surface area contributed by atoms with Crippen LogP contribution in [0.4, 0.5) is 0 Å². The Bertz CT molecular complexity index is 583. The van der Waals surface area contributed by atoms with Crippen LogP contribution in [0.2, 0.25) is 0 Å². The second-order valence-electron chi connectivity index (χ2n) is 9.04. The van der Waals surface area contributed by atoms with Gasteiger partial charge in [-0.1, -0.05) is 42.5 Å². The van der Waals surface area contributed by atoms with Crippen molar-refractivity contribution in [2.24, 2.45) is 17.8 Å². The maximum absolute atomic E-state index is 5.76. The largest absolute Gasteiger partial charge is 0.377 e. The zero-order valence-corrected chi connectivity index (χ0v) is 18.0. The number of rotatable bonds is 9. The van der Waals surface area contributed by atoms with Crippen molar-refractivity contribution in [3.8, 4) is 0 Å². The predicted molar refractivity (Wildman–Crippen MR) is 120 cm³/mol. The summed E-state index contributed by atoms with van der Waals surface area (Å²) in [6, 6.07) is 9.26. The first-order chi connectivity index (χ1) is 13.8. The molecule has 3 rings (SSSR count). The van der Waals surface area contributed by atoms with Crippen molar-refractivity contribution in [3.63, 3.8) is 0 Å². The molecule has 0 heterocycles.